The Kier molecular flexibility index (Phi) is 12.5. The molecule has 0 spiro atoms. The van der Waals surface area contributed by atoms with Gasteiger partial charge in [0.1, 0.15) is 0 Å². The van der Waals surface area contributed by atoms with Crippen molar-refractivity contribution in [2.24, 2.45) is 0 Å². The average Bonchev–Trinajstić information content (AvgIpc) is 2.34. The number of halogens is 2. The molecule has 0 aliphatic rings. The summed E-state index contributed by atoms with van der Waals surface area (Å²) < 4.78 is 4.58. The van der Waals surface area contributed by atoms with Crippen LogP contribution in [0, 0.1) is 0 Å². The van der Waals surface area contributed by atoms with E-state index in [4.69, 9.17) is 23.2 Å². The highest BCUT2D eigenvalue weighted by Crippen LogP contribution is 2.16. The van der Waals surface area contributed by atoms with E-state index in [1.807, 2.05) is 0 Å². The molecule has 0 bridgehead atoms. The van der Waals surface area contributed by atoms with E-state index in [1.165, 1.54) is 26.4 Å². The number of rotatable bonds is 11. The topological polar surface area (TPSA) is 26.3 Å². The van der Waals surface area contributed by atoms with Gasteiger partial charge in [0.15, 0.2) is 0 Å². The van der Waals surface area contributed by atoms with Crippen molar-refractivity contribution < 1.29 is 9.53 Å². The molecule has 2 nitrogen and oxygen atoms in total. The summed E-state index contributed by atoms with van der Waals surface area (Å²) in [4.78, 5) is 10.8. The molecule has 0 saturated carbocycles. The van der Waals surface area contributed by atoms with Crippen molar-refractivity contribution in [3.05, 3.63) is 0 Å². The molecule has 0 fully saturated rings. The second-order valence-electron chi connectivity index (χ2n) is 4.31. The zero-order valence-electron chi connectivity index (χ0n) is 10.7. The molecule has 4 heteroatoms. The molecule has 0 aromatic carbocycles. The van der Waals surface area contributed by atoms with Crippen molar-refractivity contribution in [1.82, 2.24) is 0 Å². The third-order valence-corrected chi connectivity index (χ3v) is 3.48. The molecular formula is C13H24Cl2O2. The van der Waals surface area contributed by atoms with Crippen molar-refractivity contribution in [1.29, 1.82) is 0 Å². The van der Waals surface area contributed by atoms with Gasteiger partial charge in [-0.25, -0.2) is 0 Å². The lowest BCUT2D eigenvalue weighted by Gasteiger charge is -2.07. The minimum atomic E-state index is -0.105. The molecule has 1 atom stereocenters. The van der Waals surface area contributed by atoms with Crippen LogP contribution in [-0.2, 0) is 9.53 Å². The smallest absolute Gasteiger partial charge is 0.305 e. The van der Waals surface area contributed by atoms with Crippen LogP contribution in [0.2, 0.25) is 0 Å². The Morgan fingerprint density at radius 1 is 1.06 bits per heavy atom. The number of methoxy groups -OCH3 is 1. The van der Waals surface area contributed by atoms with Gasteiger partial charge in [0.2, 0.25) is 0 Å². The first-order valence-corrected chi connectivity index (χ1v) is 7.44. The fourth-order valence-corrected chi connectivity index (χ4v) is 2.17. The van der Waals surface area contributed by atoms with Crippen LogP contribution < -0.4 is 0 Å². The maximum Gasteiger partial charge on any atom is 0.305 e. The number of carbonyl (C=O) groups excluding carboxylic acids is 1. The molecule has 0 saturated heterocycles. The third kappa shape index (κ3) is 12.3. The maximum absolute atomic E-state index is 10.8. The second-order valence-corrected chi connectivity index (χ2v) is 5.31. The van der Waals surface area contributed by atoms with Crippen LogP contribution in [0.15, 0.2) is 0 Å². The number of alkyl halides is 2. The van der Waals surface area contributed by atoms with Gasteiger partial charge < -0.3 is 4.74 Å². The molecule has 0 amide bonds. The Morgan fingerprint density at radius 3 is 2.29 bits per heavy atom. The summed E-state index contributed by atoms with van der Waals surface area (Å²) in [6.45, 7) is 0. The summed E-state index contributed by atoms with van der Waals surface area (Å²) in [6.07, 6.45) is 9.24. The lowest BCUT2D eigenvalue weighted by Crippen LogP contribution is -2.00. The van der Waals surface area contributed by atoms with Crippen LogP contribution in [-0.4, -0.2) is 24.3 Å². The number of hydrogen-bond acceptors (Lipinski definition) is 2. The molecule has 0 aliphatic carbocycles. The molecule has 0 rings (SSSR count). The van der Waals surface area contributed by atoms with Crippen molar-refractivity contribution in [2.75, 3.05) is 13.0 Å². The van der Waals surface area contributed by atoms with E-state index in [2.05, 4.69) is 4.74 Å². The lowest BCUT2D eigenvalue weighted by molar-refractivity contribution is -0.140. The highest BCUT2D eigenvalue weighted by Gasteiger charge is 2.04. The molecule has 102 valence electrons. The minimum Gasteiger partial charge on any atom is -0.469 e. The van der Waals surface area contributed by atoms with E-state index in [-0.39, 0.29) is 11.3 Å². The van der Waals surface area contributed by atoms with Gasteiger partial charge in [-0.05, 0) is 25.7 Å². The van der Waals surface area contributed by atoms with Gasteiger partial charge in [0.05, 0.1) is 7.11 Å². The summed E-state index contributed by atoms with van der Waals surface area (Å²) in [5.41, 5.74) is 0. The second kappa shape index (κ2) is 12.5. The fourth-order valence-electron chi connectivity index (χ4n) is 1.71. The Morgan fingerprint density at radius 2 is 1.65 bits per heavy atom. The molecule has 0 radical (unpaired) electrons. The van der Waals surface area contributed by atoms with Gasteiger partial charge in [-0.15, -0.1) is 23.2 Å². The van der Waals surface area contributed by atoms with Gasteiger partial charge in [-0.2, -0.15) is 0 Å². The van der Waals surface area contributed by atoms with E-state index in [0.29, 0.717) is 12.3 Å². The minimum absolute atomic E-state index is 0.105. The monoisotopic (exact) mass is 282 g/mol. The molecule has 0 aromatic heterocycles. The van der Waals surface area contributed by atoms with E-state index in [1.54, 1.807) is 0 Å². The van der Waals surface area contributed by atoms with Crippen molar-refractivity contribution in [3.63, 3.8) is 0 Å². The normalized spacial score (nSPS) is 12.4. The quantitative estimate of drug-likeness (QED) is 0.316. The summed E-state index contributed by atoms with van der Waals surface area (Å²) in [5.74, 6) is 0.600. The van der Waals surface area contributed by atoms with E-state index in [9.17, 15) is 4.79 Å². The van der Waals surface area contributed by atoms with Crippen molar-refractivity contribution >= 4 is 29.2 Å². The zero-order chi connectivity index (χ0) is 12.9. The first-order chi connectivity index (χ1) is 8.20. The average molecular weight is 283 g/mol. The maximum atomic E-state index is 10.8. The van der Waals surface area contributed by atoms with Crippen LogP contribution in [0.25, 0.3) is 0 Å². The summed E-state index contributed by atoms with van der Waals surface area (Å²) in [5, 5.41) is 0.281. The molecule has 0 N–H and O–H groups in total. The van der Waals surface area contributed by atoms with Crippen LogP contribution in [0.3, 0.4) is 0 Å². The highest BCUT2D eigenvalue weighted by atomic mass is 35.5. The summed E-state index contributed by atoms with van der Waals surface area (Å²) in [7, 11) is 1.43. The van der Waals surface area contributed by atoms with E-state index in [0.717, 1.165) is 32.1 Å². The lowest BCUT2D eigenvalue weighted by atomic mass is 10.1. The van der Waals surface area contributed by atoms with E-state index < -0.39 is 0 Å². The number of hydrogen-bond donors (Lipinski definition) is 0. The molecule has 0 aliphatic heterocycles. The first-order valence-electron chi connectivity index (χ1n) is 6.47. The summed E-state index contributed by atoms with van der Waals surface area (Å²) in [6, 6.07) is 0. The SMILES string of the molecule is COC(=O)CCCCCCCC(Cl)CCCCl. The van der Waals surface area contributed by atoms with Crippen LogP contribution in [0.5, 0.6) is 0 Å². The zero-order valence-corrected chi connectivity index (χ0v) is 12.2. The Hall–Kier alpha value is 0.0500. The Bertz CT molecular complexity index is 186. The van der Waals surface area contributed by atoms with Crippen LogP contribution in [0.4, 0.5) is 0 Å². The van der Waals surface area contributed by atoms with Gasteiger partial charge in [0.25, 0.3) is 0 Å². The van der Waals surface area contributed by atoms with Gasteiger partial charge in [0, 0.05) is 17.7 Å². The standard InChI is InChI=1S/C13H24Cl2O2/c1-17-13(16)10-6-4-2-3-5-8-12(15)9-7-11-14/h12H,2-11H2,1H3. The predicted octanol–water partition coefficient (Wildman–Crippen LogP) is 4.52. The van der Waals surface area contributed by atoms with Gasteiger partial charge in [-0.3, -0.25) is 4.79 Å². The van der Waals surface area contributed by atoms with Gasteiger partial charge in [-0.1, -0.05) is 25.7 Å². The molecular weight excluding hydrogens is 259 g/mol. The van der Waals surface area contributed by atoms with E-state index >= 15 is 0 Å². The predicted molar refractivity (Wildman–Crippen MR) is 73.9 cm³/mol. The molecule has 1 unspecified atom stereocenters. The number of carbonyl (C=O) groups is 1. The van der Waals surface area contributed by atoms with Crippen LogP contribution >= 0.6 is 23.2 Å². The molecule has 17 heavy (non-hydrogen) atoms. The Balaban J connectivity index is 3.15. The van der Waals surface area contributed by atoms with Crippen LogP contribution in [0.1, 0.15) is 57.8 Å². The van der Waals surface area contributed by atoms with Crippen molar-refractivity contribution in [3.8, 4) is 0 Å². The third-order valence-electron chi connectivity index (χ3n) is 2.78. The molecule has 0 heterocycles. The Labute approximate surface area is 115 Å². The highest BCUT2D eigenvalue weighted by molar-refractivity contribution is 6.20. The first kappa shape index (κ1) is 17.1. The van der Waals surface area contributed by atoms with Crippen molar-refractivity contribution in [2.45, 2.75) is 63.2 Å². The summed E-state index contributed by atoms with van der Waals surface area (Å²) >= 11 is 11.7. The fraction of sp³-hybridized carbons (Fsp3) is 0.923. The van der Waals surface area contributed by atoms with Gasteiger partial charge >= 0.3 is 5.97 Å². The molecule has 0 aromatic rings. The largest absolute Gasteiger partial charge is 0.469 e. The number of ether oxygens (including phenoxy) is 1. The number of esters is 1. The number of unbranched alkanes of at least 4 members (excludes halogenated alkanes) is 4.